The number of aryl methyl sites for hydroxylation is 1. The zero-order valence-electron chi connectivity index (χ0n) is 12.6. The maximum absolute atomic E-state index is 12.1. The van der Waals surface area contributed by atoms with Crippen LogP contribution in [0.5, 0.6) is 5.88 Å². The van der Waals surface area contributed by atoms with Crippen molar-refractivity contribution in [1.29, 1.82) is 0 Å². The van der Waals surface area contributed by atoms with Crippen molar-refractivity contribution >= 4 is 28.3 Å². The van der Waals surface area contributed by atoms with Crippen LogP contribution < -0.4 is 10.1 Å². The lowest BCUT2D eigenvalue weighted by Crippen LogP contribution is -2.15. The Morgan fingerprint density at radius 3 is 3.04 bits per heavy atom. The van der Waals surface area contributed by atoms with Crippen molar-refractivity contribution in [3.8, 4) is 5.88 Å². The summed E-state index contributed by atoms with van der Waals surface area (Å²) < 4.78 is 14.8. The highest BCUT2D eigenvalue weighted by Gasteiger charge is 2.34. The summed E-state index contributed by atoms with van der Waals surface area (Å²) >= 11 is 1.35. The molecule has 8 nitrogen and oxygen atoms in total. The summed E-state index contributed by atoms with van der Waals surface area (Å²) in [4.78, 5) is 29.3. The Bertz CT molecular complexity index is 739. The maximum Gasteiger partial charge on any atom is 0.315 e. The molecule has 1 aliphatic carbocycles. The quantitative estimate of drug-likeness (QED) is 0.832. The second kappa shape index (κ2) is 6.37. The minimum Gasteiger partial charge on any atom is -0.479 e. The number of anilines is 1. The molecule has 1 aliphatic rings. The van der Waals surface area contributed by atoms with E-state index in [1.165, 1.54) is 24.5 Å². The van der Waals surface area contributed by atoms with Gasteiger partial charge in [-0.2, -0.15) is 0 Å². The third-order valence-electron chi connectivity index (χ3n) is 3.43. The number of nitrogens with zero attached hydrogens (tertiary/aromatic N) is 2. The molecule has 0 radical (unpaired) electrons. The molecule has 0 saturated heterocycles. The van der Waals surface area contributed by atoms with Gasteiger partial charge < -0.3 is 14.0 Å². The molecule has 0 spiro atoms. The molecule has 122 valence electrons. The smallest absolute Gasteiger partial charge is 0.315 e. The number of nitrogens with one attached hydrogen (secondary N) is 1. The van der Waals surface area contributed by atoms with Crippen LogP contribution in [0.1, 0.15) is 40.4 Å². The lowest BCUT2D eigenvalue weighted by atomic mass is 10.1. The standard InChI is InChI=1S/C14H15N3O5S/c1-3-21-13(19)7-4-5-9-11(7)15-14(23-9)16-12(18)8-6-10(20-2)17-22-8/h6-7H,3-5H2,1-2H3,(H,15,16,18). The molecular formula is C14H15N3O5S. The average molecular weight is 337 g/mol. The molecule has 0 aromatic carbocycles. The Balaban J connectivity index is 1.72. The van der Waals surface area contributed by atoms with E-state index in [4.69, 9.17) is 14.0 Å². The molecule has 1 unspecified atom stereocenters. The first-order chi connectivity index (χ1) is 11.1. The van der Waals surface area contributed by atoms with Crippen LogP contribution in [0.3, 0.4) is 0 Å². The lowest BCUT2D eigenvalue weighted by molar-refractivity contribution is -0.145. The third kappa shape index (κ3) is 3.04. The molecular weight excluding hydrogens is 322 g/mol. The van der Waals surface area contributed by atoms with Gasteiger partial charge in [-0.05, 0) is 24.9 Å². The van der Waals surface area contributed by atoms with Gasteiger partial charge in [0, 0.05) is 4.88 Å². The summed E-state index contributed by atoms with van der Waals surface area (Å²) in [6, 6.07) is 1.39. The van der Waals surface area contributed by atoms with E-state index in [0.29, 0.717) is 23.9 Å². The summed E-state index contributed by atoms with van der Waals surface area (Å²) in [7, 11) is 1.43. The van der Waals surface area contributed by atoms with E-state index in [-0.39, 0.29) is 23.5 Å². The van der Waals surface area contributed by atoms with Crippen molar-refractivity contribution in [3.05, 3.63) is 22.4 Å². The Hall–Kier alpha value is -2.42. The molecule has 2 aromatic heterocycles. The largest absolute Gasteiger partial charge is 0.479 e. The second-order valence-corrected chi connectivity index (χ2v) is 5.94. The van der Waals surface area contributed by atoms with Crippen LogP contribution in [-0.4, -0.2) is 35.7 Å². The van der Waals surface area contributed by atoms with Crippen LogP contribution in [-0.2, 0) is 16.0 Å². The lowest BCUT2D eigenvalue weighted by Gasteiger charge is -2.07. The van der Waals surface area contributed by atoms with E-state index in [2.05, 4.69) is 15.5 Å². The minimum atomic E-state index is -0.471. The SMILES string of the molecule is CCOC(=O)C1CCc2sc(NC(=O)c3cc(OC)no3)nc21. The van der Waals surface area contributed by atoms with E-state index in [1.807, 2.05) is 0 Å². The van der Waals surface area contributed by atoms with Gasteiger partial charge in [-0.15, -0.1) is 11.3 Å². The molecule has 0 bridgehead atoms. The second-order valence-electron chi connectivity index (χ2n) is 4.86. The predicted molar refractivity (Wildman–Crippen MR) is 80.8 cm³/mol. The van der Waals surface area contributed by atoms with E-state index in [9.17, 15) is 9.59 Å². The fraction of sp³-hybridized carbons (Fsp3) is 0.429. The Morgan fingerprint density at radius 2 is 2.35 bits per heavy atom. The summed E-state index contributed by atoms with van der Waals surface area (Å²) in [5.74, 6) is -0.842. The Labute approximate surface area is 135 Å². The predicted octanol–water partition coefficient (Wildman–Crippen LogP) is 1.98. The van der Waals surface area contributed by atoms with Crippen LogP contribution in [0.15, 0.2) is 10.6 Å². The average Bonchev–Trinajstić information content (AvgIpc) is 3.21. The molecule has 9 heteroatoms. The van der Waals surface area contributed by atoms with E-state index >= 15 is 0 Å². The van der Waals surface area contributed by atoms with Gasteiger partial charge in [0.1, 0.15) is 5.92 Å². The molecule has 0 fully saturated rings. The summed E-state index contributed by atoms with van der Waals surface area (Å²) in [6.07, 6.45) is 1.45. The highest BCUT2D eigenvalue weighted by molar-refractivity contribution is 7.16. The first kappa shape index (κ1) is 15.5. The van der Waals surface area contributed by atoms with Crippen LogP contribution in [0.2, 0.25) is 0 Å². The fourth-order valence-electron chi connectivity index (χ4n) is 2.37. The van der Waals surface area contributed by atoms with Crippen LogP contribution >= 0.6 is 11.3 Å². The van der Waals surface area contributed by atoms with Gasteiger partial charge in [0.2, 0.25) is 5.76 Å². The number of hydrogen-bond acceptors (Lipinski definition) is 8. The third-order valence-corrected chi connectivity index (χ3v) is 4.48. The molecule has 3 rings (SSSR count). The number of amides is 1. The van der Waals surface area contributed by atoms with Gasteiger partial charge in [0.25, 0.3) is 11.8 Å². The van der Waals surface area contributed by atoms with Crippen molar-refractivity contribution in [2.24, 2.45) is 0 Å². The number of esters is 1. The number of carbonyl (C=O) groups is 2. The van der Waals surface area contributed by atoms with Gasteiger partial charge in [-0.3, -0.25) is 14.9 Å². The van der Waals surface area contributed by atoms with Crippen molar-refractivity contribution in [2.45, 2.75) is 25.7 Å². The summed E-state index contributed by atoms with van der Waals surface area (Å²) in [6.45, 7) is 2.11. The van der Waals surface area contributed by atoms with Crippen LogP contribution in [0, 0.1) is 0 Å². The maximum atomic E-state index is 12.1. The highest BCUT2D eigenvalue weighted by atomic mass is 32.1. The van der Waals surface area contributed by atoms with E-state index in [1.54, 1.807) is 6.92 Å². The number of ether oxygens (including phenoxy) is 2. The number of hydrogen-bond donors (Lipinski definition) is 1. The number of thiazole rings is 1. The molecule has 2 aromatic rings. The minimum absolute atomic E-state index is 0.0270. The first-order valence-electron chi connectivity index (χ1n) is 7.10. The number of fused-ring (bicyclic) bond motifs is 1. The number of aromatic nitrogens is 2. The van der Waals surface area contributed by atoms with Crippen molar-refractivity contribution in [3.63, 3.8) is 0 Å². The molecule has 1 N–H and O–H groups in total. The van der Waals surface area contributed by atoms with Gasteiger partial charge >= 0.3 is 5.97 Å². The van der Waals surface area contributed by atoms with Crippen LogP contribution in [0.25, 0.3) is 0 Å². The highest BCUT2D eigenvalue weighted by Crippen LogP contribution is 2.39. The van der Waals surface area contributed by atoms with E-state index in [0.717, 1.165) is 11.3 Å². The molecule has 1 atom stereocenters. The zero-order valence-corrected chi connectivity index (χ0v) is 13.4. The molecule has 23 heavy (non-hydrogen) atoms. The Morgan fingerprint density at radius 1 is 1.52 bits per heavy atom. The normalized spacial score (nSPS) is 16.0. The van der Waals surface area contributed by atoms with Crippen molar-refractivity contribution < 1.29 is 23.6 Å². The zero-order chi connectivity index (χ0) is 16.4. The molecule has 1 amide bonds. The van der Waals surface area contributed by atoms with Gasteiger partial charge in [0.15, 0.2) is 5.13 Å². The first-order valence-corrected chi connectivity index (χ1v) is 7.92. The molecule has 0 aliphatic heterocycles. The number of rotatable bonds is 5. The monoisotopic (exact) mass is 337 g/mol. The van der Waals surface area contributed by atoms with Gasteiger partial charge in [0.05, 0.1) is 25.5 Å². The van der Waals surface area contributed by atoms with Crippen LogP contribution in [0.4, 0.5) is 5.13 Å². The van der Waals surface area contributed by atoms with Gasteiger partial charge in [-0.1, -0.05) is 0 Å². The number of methoxy groups -OCH3 is 1. The number of carbonyl (C=O) groups excluding carboxylic acids is 2. The molecule has 2 heterocycles. The fourth-order valence-corrected chi connectivity index (χ4v) is 3.41. The summed E-state index contributed by atoms with van der Waals surface area (Å²) in [5, 5.41) is 6.63. The van der Waals surface area contributed by atoms with Crippen molar-refractivity contribution in [2.75, 3.05) is 19.0 Å². The summed E-state index contributed by atoms with van der Waals surface area (Å²) in [5.41, 5.74) is 0.693. The Kier molecular flexibility index (Phi) is 4.28. The molecule has 0 saturated carbocycles. The van der Waals surface area contributed by atoms with Gasteiger partial charge in [-0.25, -0.2) is 4.98 Å². The van der Waals surface area contributed by atoms with E-state index < -0.39 is 5.91 Å². The topological polar surface area (TPSA) is 104 Å². The van der Waals surface area contributed by atoms with Crippen molar-refractivity contribution in [1.82, 2.24) is 10.1 Å².